The van der Waals surface area contributed by atoms with E-state index in [2.05, 4.69) is 4.98 Å². The van der Waals surface area contributed by atoms with Gasteiger partial charge in [0.15, 0.2) is 0 Å². The van der Waals surface area contributed by atoms with E-state index in [1.807, 2.05) is 26.0 Å². The van der Waals surface area contributed by atoms with E-state index in [4.69, 9.17) is 14.6 Å². The highest BCUT2D eigenvalue weighted by Crippen LogP contribution is 2.17. The van der Waals surface area contributed by atoms with Crippen LogP contribution in [0.3, 0.4) is 0 Å². The van der Waals surface area contributed by atoms with Crippen LogP contribution in [0.25, 0.3) is 0 Å². The Bertz CT molecular complexity index is 315. The molecule has 4 heteroatoms. The predicted octanol–water partition coefficient (Wildman–Crippen LogP) is 1.30. The molecule has 0 saturated carbocycles. The molecule has 0 aliphatic heterocycles. The number of hydrogen-bond donors (Lipinski definition) is 1. The molecule has 0 aromatic carbocycles. The van der Waals surface area contributed by atoms with Crippen LogP contribution in [0.1, 0.15) is 18.3 Å². The fraction of sp³-hybridized carbons (Fsp3) is 0.545. The van der Waals surface area contributed by atoms with Crippen LogP contribution in [-0.2, 0) is 11.3 Å². The highest BCUT2D eigenvalue weighted by molar-refractivity contribution is 5.28. The Labute approximate surface area is 89.9 Å². The van der Waals surface area contributed by atoms with E-state index in [0.717, 1.165) is 5.69 Å². The maximum atomic E-state index is 9.09. The maximum absolute atomic E-state index is 9.09. The number of aromatic nitrogens is 1. The number of hydrogen-bond acceptors (Lipinski definition) is 4. The van der Waals surface area contributed by atoms with Gasteiger partial charge in [-0.15, -0.1) is 0 Å². The van der Waals surface area contributed by atoms with E-state index in [9.17, 15) is 0 Å². The first-order valence-electron chi connectivity index (χ1n) is 4.90. The van der Waals surface area contributed by atoms with Crippen LogP contribution in [0.5, 0.6) is 5.75 Å². The van der Waals surface area contributed by atoms with Gasteiger partial charge in [0.1, 0.15) is 18.1 Å². The maximum Gasteiger partial charge on any atom is 0.143 e. The third-order valence-electron chi connectivity index (χ3n) is 2.10. The number of methoxy groups -OCH3 is 1. The van der Waals surface area contributed by atoms with Gasteiger partial charge < -0.3 is 14.6 Å². The van der Waals surface area contributed by atoms with E-state index in [-0.39, 0.29) is 12.7 Å². The zero-order valence-corrected chi connectivity index (χ0v) is 9.36. The van der Waals surface area contributed by atoms with E-state index in [1.54, 1.807) is 7.11 Å². The lowest BCUT2D eigenvalue weighted by molar-refractivity contribution is 0.0705. The Kier molecular flexibility index (Phi) is 4.52. The topological polar surface area (TPSA) is 51.6 Å². The Hall–Kier alpha value is -1.13. The van der Waals surface area contributed by atoms with Crippen LogP contribution in [0.2, 0.25) is 0 Å². The molecule has 0 bridgehead atoms. The van der Waals surface area contributed by atoms with Gasteiger partial charge in [-0.05, 0) is 26.0 Å². The number of aliphatic hydroxyl groups excluding tert-OH is 1. The molecule has 0 amide bonds. The Balaban J connectivity index is 2.67. The van der Waals surface area contributed by atoms with Gasteiger partial charge in [-0.25, -0.2) is 0 Å². The van der Waals surface area contributed by atoms with Crippen LogP contribution >= 0.6 is 0 Å². The van der Waals surface area contributed by atoms with Crippen molar-refractivity contribution in [2.45, 2.75) is 26.6 Å². The zero-order valence-electron chi connectivity index (χ0n) is 9.36. The Morgan fingerprint density at radius 3 is 2.80 bits per heavy atom. The summed E-state index contributed by atoms with van der Waals surface area (Å²) in [6, 6.07) is 3.67. The number of aryl methyl sites for hydroxylation is 1. The van der Waals surface area contributed by atoms with Crippen molar-refractivity contribution in [1.29, 1.82) is 0 Å². The molecule has 1 heterocycles. The standard InChI is InChI=1S/C11H17NO3/c1-8-4-5-11(10(6-13)12-8)15-7-9(2)14-3/h4-5,9,13H,6-7H2,1-3H3. The van der Waals surface area contributed by atoms with Crippen molar-refractivity contribution in [3.8, 4) is 5.75 Å². The molecule has 1 unspecified atom stereocenters. The van der Waals surface area contributed by atoms with Crippen LogP contribution in [0, 0.1) is 6.92 Å². The number of rotatable bonds is 5. The van der Waals surface area contributed by atoms with Crippen LogP contribution < -0.4 is 4.74 Å². The van der Waals surface area contributed by atoms with E-state index in [1.165, 1.54) is 0 Å². The summed E-state index contributed by atoms with van der Waals surface area (Å²) in [5.41, 5.74) is 1.43. The average molecular weight is 211 g/mol. The van der Waals surface area contributed by atoms with Gasteiger partial charge in [-0.1, -0.05) is 0 Å². The summed E-state index contributed by atoms with van der Waals surface area (Å²) >= 11 is 0. The van der Waals surface area contributed by atoms with Gasteiger partial charge in [-0.2, -0.15) is 0 Å². The molecule has 15 heavy (non-hydrogen) atoms. The molecular weight excluding hydrogens is 194 g/mol. The van der Waals surface area contributed by atoms with Gasteiger partial charge in [0.25, 0.3) is 0 Å². The van der Waals surface area contributed by atoms with Crippen molar-refractivity contribution < 1.29 is 14.6 Å². The summed E-state index contributed by atoms with van der Waals surface area (Å²) < 4.78 is 10.5. The second kappa shape index (κ2) is 5.68. The summed E-state index contributed by atoms with van der Waals surface area (Å²) in [4.78, 5) is 4.18. The van der Waals surface area contributed by atoms with Crippen molar-refractivity contribution in [2.75, 3.05) is 13.7 Å². The fourth-order valence-electron chi connectivity index (χ4n) is 1.12. The van der Waals surface area contributed by atoms with E-state index in [0.29, 0.717) is 18.1 Å². The van der Waals surface area contributed by atoms with Crippen LogP contribution in [-0.4, -0.2) is 29.9 Å². The van der Waals surface area contributed by atoms with E-state index < -0.39 is 0 Å². The molecule has 1 N–H and O–H groups in total. The number of nitrogens with zero attached hydrogens (tertiary/aromatic N) is 1. The molecule has 0 spiro atoms. The second-order valence-electron chi connectivity index (χ2n) is 3.41. The predicted molar refractivity (Wildman–Crippen MR) is 56.9 cm³/mol. The van der Waals surface area contributed by atoms with Crippen LogP contribution in [0.15, 0.2) is 12.1 Å². The number of ether oxygens (including phenoxy) is 2. The highest BCUT2D eigenvalue weighted by atomic mass is 16.5. The SMILES string of the molecule is COC(C)COc1ccc(C)nc1CO. The molecule has 0 fully saturated rings. The first kappa shape index (κ1) is 11.9. The third kappa shape index (κ3) is 3.49. The molecule has 0 radical (unpaired) electrons. The van der Waals surface area contributed by atoms with Crippen molar-refractivity contribution in [1.82, 2.24) is 4.98 Å². The lowest BCUT2D eigenvalue weighted by Crippen LogP contribution is -2.16. The quantitative estimate of drug-likeness (QED) is 0.797. The summed E-state index contributed by atoms with van der Waals surface area (Å²) in [5.74, 6) is 0.618. The molecule has 0 aliphatic carbocycles. The minimum atomic E-state index is -0.113. The van der Waals surface area contributed by atoms with Gasteiger partial charge in [0, 0.05) is 12.8 Å². The number of pyridine rings is 1. The Morgan fingerprint density at radius 1 is 1.47 bits per heavy atom. The molecule has 1 atom stereocenters. The molecule has 0 aliphatic rings. The van der Waals surface area contributed by atoms with Crippen molar-refractivity contribution in [2.24, 2.45) is 0 Å². The molecule has 0 saturated heterocycles. The largest absolute Gasteiger partial charge is 0.489 e. The molecule has 84 valence electrons. The lowest BCUT2D eigenvalue weighted by atomic mass is 10.3. The molecule has 1 aromatic heterocycles. The molecular formula is C11H17NO3. The van der Waals surface area contributed by atoms with Crippen molar-refractivity contribution in [3.63, 3.8) is 0 Å². The highest BCUT2D eigenvalue weighted by Gasteiger charge is 2.06. The fourth-order valence-corrected chi connectivity index (χ4v) is 1.12. The lowest BCUT2D eigenvalue weighted by Gasteiger charge is -2.13. The second-order valence-corrected chi connectivity index (χ2v) is 3.41. The van der Waals surface area contributed by atoms with Crippen molar-refractivity contribution >= 4 is 0 Å². The summed E-state index contributed by atoms with van der Waals surface area (Å²) in [6.45, 7) is 4.13. The third-order valence-corrected chi connectivity index (χ3v) is 2.10. The van der Waals surface area contributed by atoms with Gasteiger partial charge in [0.05, 0.1) is 12.7 Å². The Morgan fingerprint density at radius 2 is 2.20 bits per heavy atom. The summed E-state index contributed by atoms with van der Waals surface area (Å²) in [5, 5.41) is 9.09. The summed E-state index contributed by atoms with van der Waals surface area (Å²) in [7, 11) is 1.63. The molecule has 4 nitrogen and oxygen atoms in total. The minimum Gasteiger partial charge on any atom is -0.489 e. The monoisotopic (exact) mass is 211 g/mol. The zero-order chi connectivity index (χ0) is 11.3. The van der Waals surface area contributed by atoms with Crippen molar-refractivity contribution in [3.05, 3.63) is 23.5 Å². The first-order chi connectivity index (χ1) is 7.17. The van der Waals surface area contributed by atoms with Gasteiger partial charge in [-0.3, -0.25) is 4.98 Å². The number of aliphatic hydroxyl groups is 1. The first-order valence-corrected chi connectivity index (χ1v) is 4.90. The normalized spacial score (nSPS) is 12.5. The van der Waals surface area contributed by atoms with Gasteiger partial charge in [0.2, 0.25) is 0 Å². The van der Waals surface area contributed by atoms with Gasteiger partial charge >= 0.3 is 0 Å². The average Bonchev–Trinajstić information content (AvgIpc) is 2.26. The summed E-state index contributed by atoms with van der Waals surface area (Å²) in [6.07, 6.45) is 0.0258. The smallest absolute Gasteiger partial charge is 0.143 e. The molecule has 1 aromatic rings. The molecule has 1 rings (SSSR count). The van der Waals surface area contributed by atoms with Crippen LogP contribution in [0.4, 0.5) is 0 Å². The van der Waals surface area contributed by atoms with E-state index >= 15 is 0 Å². The minimum absolute atomic E-state index is 0.0258.